The molecule has 1 amide bonds. The highest BCUT2D eigenvalue weighted by molar-refractivity contribution is 5.93. The number of rotatable bonds is 2. The lowest BCUT2D eigenvalue weighted by Crippen LogP contribution is -2.31. The number of H-pyrrole nitrogens is 1. The van der Waals surface area contributed by atoms with Crippen LogP contribution in [0.4, 0.5) is 0 Å². The summed E-state index contributed by atoms with van der Waals surface area (Å²) in [6.45, 7) is 0. The Morgan fingerprint density at radius 3 is 2.91 bits per heavy atom. The monoisotopic (exact) mass is 291 g/mol. The number of hydrogen-bond acceptors (Lipinski definition) is 2. The van der Waals surface area contributed by atoms with Crippen LogP contribution in [-0.4, -0.2) is 15.9 Å². The summed E-state index contributed by atoms with van der Waals surface area (Å²) in [5.41, 5.74) is 4.10. The van der Waals surface area contributed by atoms with Gasteiger partial charge in [0.05, 0.1) is 6.04 Å². The molecule has 1 atom stereocenters. The number of fused-ring (bicyclic) bond motifs is 3. The molecule has 110 valence electrons. The van der Waals surface area contributed by atoms with Gasteiger partial charge in [0.2, 0.25) is 0 Å². The molecule has 0 bridgehead atoms. The first-order valence-electron chi connectivity index (χ1n) is 7.64. The number of aromatic amines is 1. The van der Waals surface area contributed by atoms with Gasteiger partial charge in [-0.1, -0.05) is 24.3 Å². The summed E-state index contributed by atoms with van der Waals surface area (Å²) >= 11 is 0. The molecule has 0 aliphatic heterocycles. The van der Waals surface area contributed by atoms with Gasteiger partial charge in [0, 0.05) is 22.8 Å². The number of nitrogens with one attached hydrogen (secondary N) is 2. The van der Waals surface area contributed by atoms with Crippen molar-refractivity contribution < 1.29 is 4.79 Å². The molecule has 22 heavy (non-hydrogen) atoms. The number of para-hydroxylation sites is 1. The normalized spacial score (nSPS) is 17.2. The van der Waals surface area contributed by atoms with Gasteiger partial charge in [0.15, 0.2) is 0 Å². The van der Waals surface area contributed by atoms with Crippen molar-refractivity contribution >= 4 is 16.8 Å². The SMILES string of the molecule is O=C(NC1CCCc2c1[nH]c1ccccc21)c1ccccn1. The Labute approximate surface area is 128 Å². The molecule has 0 fully saturated rings. The Morgan fingerprint density at radius 1 is 1.18 bits per heavy atom. The number of amides is 1. The van der Waals surface area contributed by atoms with Crippen molar-refractivity contribution in [3.63, 3.8) is 0 Å². The number of nitrogens with zero attached hydrogens (tertiary/aromatic N) is 1. The molecular weight excluding hydrogens is 274 g/mol. The van der Waals surface area contributed by atoms with E-state index in [2.05, 4.69) is 33.5 Å². The fraction of sp³-hybridized carbons (Fsp3) is 0.222. The Hall–Kier alpha value is -2.62. The van der Waals surface area contributed by atoms with Gasteiger partial charge >= 0.3 is 0 Å². The van der Waals surface area contributed by atoms with E-state index in [9.17, 15) is 4.79 Å². The lowest BCUT2D eigenvalue weighted by Gasteiger charge is -2.23. The smallest absolute Gasteiger partial charge is 0.270 e. The van der Waals surface area contributed by atoms with E-state index in [1.807, 2.05) is 18.2 Å². The molecule has 0 saturated carbocycles. The number of aromatic nitrogens is 2. The molecule has 4 nitrogen and oxygen atoms in total. The molecule has 0 radical (unpaired) electrons. The topological polar surface area (TPSA) is 57.8 Å². The van der Waals surface area contributed by atoms with E-state index in [0.29, 0.717) is 5.69 Å². The van der Waals surface area contributed by atoms with Gasteiger partial charge in [-0.15, -0.1) is 0 Å². The lowest BCUT2D eigenvalue weighted by atomic mass is 9.91. The van der Waals surface area contributed by atoms with Crippen molar-refractivity contribution in [1.82, 2.24) is 15.3 Å². The van der Waals surface area contributed by atoms with Crippen LogP contribution in [0.15, 0.2) is 48.7 Å². The minimum atomic E-state index is -0.114. The quantitative estimate of drug-likeness (QED) is 0.760. The molecule has 1 unspecified atom stereocenters. The molecule has 0 spiro atoms. The van der Waals surface area contributed by atoms with E-state index in [4.69, 9.17) is 0 Å². The maximum atomic E-state index is 12.4. The van der Waals surface area contributed by atoms with Crippen molar-refractivity contribution in [3.8, 4) is 0 Å². The van der Waals surface area contributed by atoms with Gasteiger partial charge in [0.1, 0.15) is 5.69 Å². The molecule has 1 aliphatic carbocycles. The van der Waals surface area contributed by atoms with Gasteiger partial charge in [-0.3, -0.25) is 9.78 Å². The van der Waals surface area contributed by atoms with Crippen LogP contribution in [0.2, 0.25) is 0 Å². The summed E-state index contributed by atoms with van der Waals surface area (Å²) in [7, 11) is 0. The van der Waals surface area contributed by atoms with E-state index in [-0.39, 0.29) is 11.9 Å². The van der Waals surface area contributed by atoms with Gasteiger partial charge < -0.3 is 10.3 Å². The molecule has 3 aromatic rings. The van der Waals surface area contributed by atoms with E-state index in [0.717, 1.165) is 30.5 Å². The second kappa shape index (κ2) is 5.30. The average molecular weight is 291 g/mol. The third-order valence-electron chi connectivity index (χ3n) is 4.32. The van der Waals surface area contributed by atoms with Crippen molar-refractivity contribution in [3.05, 3.63) is 65.6 Å². The van der Waals surface area contributed by atoms with Crippen LogP contribution in [0.5, 0.6) is 0 Å². The third-order valence-corrected chi connectivity index (χ3v) is 4.32. The van der Waals surface area contributed by atoms with Crippen LogP contribution in [0.3, 0.4) is 0 Å². The first kappa shape index (κ1) is 13.1. The van der Waals surface area contributed by atoms with Crippen molar-refractivity contribution in [2.24, 2.45) is 0 Å². The Bertz CT molecular complexity index is 823. The molecule has 2 heterocycles. The van der Waals surface area contributed by atoms with Crippen LogP contribution in [0.1, 0.15) is 40.6 Å². The molecule has 2 N–H and O–H groups in total. The largest absolute Gasteiger partial charge is 0.356 e. The predicted octanol–water partition coefficient (Wildman–Crippen LogP) is 3.37. The van der Waals surface area contributed by atoms with Crippen LogP contribution in [0.25, 0.3) is 10.9 Å². The minimum absolute atomic E-state index is 0.0330. The summed E-state index contributed by atoms with van der Waals surface area (Å²) in [4.78, 5) is 20.0. The molecule has 1 aliphatic rings. The van der Waals surface area contributed by atoms with Crippen LogP contribution >= 0.6 is 0 Å². The lowest BCUT2D eigenvalue weighted by molar-refractivity contribution is 0.0927. The molecular formula is C18H17N3O. The van der Waals surface area contributed by atoms with E-state index < -0.39 is 0 Å². The fourth-order valence-electron chi connectivity index (χ4n) is 3.29. The Balaban J connectivity index is 1.66. The Kier molecular flexibility index (Phi) is 3.15. The number of carbonyl (C=O) groups excluding carboxylic acids is 1. The molecule has 0 saturated heterocycles. The van der Waals surface area contributed by atoms with Gasteiger partial charge in [-0.05, 0) is 43.0 Å². The average Bonchev–Trinajstić information content (AvgIpc) is 2.95. The number of carbonyl (C=O) groups is 1. The number of aryl methyl sites for hydroxylation is 1. The van der Waals surface area contributed by atoms with Crippen LogP contribution < -0.4 is 5.32 Å². The minimum Gasteiger partial charge on any atom is -0.356 e. The first-order chi connectivity index (χ1) is 10.8. The zero-order chi connectivity index (χ0) is 14.9. The summed E-state index contributed by atoms with van der Waals surface area (Å²) in [6, 6.07) is 13.7. The summed E-state index contributed by atoms with van der Waals surface area (Å²) in [5, 5.41) is 4.39. The highest BCUT2D eigenvalue weighted by Gasteiger charge is 2.25. The van der Waals surface area contributed by atoms with Crippen molar-refractivity contribution in [2.75, 3.05) is 0 Å². The van der Waals surface area contributed by atoms with Gasteiger partial charge in [-0.2, -0.15) is 0 Å². The molecule has 1 aromatic carbocycles. The maximum absolute atomic E-state index is 12.4. The number of pyridine rings is 1. The van der Waals surface area contributed by atoms with E-state index >= 15 is 0 Å². The van der Waals surface area contributed by atoms with E-state index in [1.165, 1.54) is 10.9 Å². The standard InChI is InChI=1S/C18H17N3O/c22-18(16-9-3-4-11-19-16)21-15-10-5-7-13-12-6-1-2-8-14(12)20-17(13)15/h1-4,6,8-9,11,15,20H,5,7,10H2,(H,21,22). The third kappa shape index (κ3) is 2.17. The van der Waals surface area contributed by atoms with E-state index in [1.54, 1.807) is 12.3 Å². The van der Waals surface area contributed by atoms with Crippen molar-refractivity contribution in [2.45, 2.75) is 25.3 Å². The molecule has 2 aromatic heterocycles. The first-order valence-corrected chi connectivity index (χ1v) is 7.64. The van der Waals surface area contributed by atoms with Crippen LogP contribution in [0, 0.1) is 0 Å². The number of hydrogen-bond donors (Lipinski definition) is 2. The maximum Gasteiger partial charge on any atom is 0.270 e. The predicted molar refractivity (Wildman–Crippen MR) is 85.7 cm³/mol. The van der Waals surface area contributed by atoms with Gasteiger partial charge in [0.25, 0.3) is 5.91 Å². The highest BCUT2D eigenvalue weighted by Crippen LogP contribution is 2.34. The summed E-state index contributed by atoms with van der Waals surface area (Å²) in [6.07, 6.45) is 4.75. The second-order valence-electron chi connectivity index (χ2n) is 5.70. The second-order valence-corrected chi connectivity index (χ2v) is 5.70. The molecule has 4 heteroatoms. The highest BCUT2D eigenvalue weighted by atomic mass is 16.1. The van der Waals surface area contributed by atoms with Crippen molar-refractivity contribution in [1.29, 1.82) is 0 Å². The zero-order valence-corrected chi connectivity index (χ0v) is 12.2. The van der Waals surface area contributed by atoms with Gasteiger partial charge in [-0.25, -0.2) is 0 Å². The fourth-order valence-corrected chi connectivity index (χ4v) is 3.29. The number of benzene rings is 1. The summed E-state index contributed by atoms with van der Waals surface area (Å²) < 4.78 is 0. The zero-order valence-electron chi connectivity index (χ0n) is 12.2. The summed E-state index contributed by atoms with van der Waals surface area (Å²) in [5.74, 6) is -0.114. The Morgan fingerprint density at radius 2 is 2.05 bits per heavy atom. The molecule has 4 rings (SSSR count). The van der Waals surface area contributed by atoms with Crippen LogP contribution in [-0.2, 0) is 6.42 Å².